The fourth-order valence-corrected chi connectivity index (χ4v) is 3.21. The smallest absolute Gasteiger partial charge is 0.205 e. The van der Waals surface area contributed by atoms with Gasteiger partial charge in [0.15, 0.2) is 5.78 Å². The van der Waals surface area contributed by atoms with E-state index in [1.54, 1.807) is 12.1 Å². The molecule has 22 heavy (non-hydrogen) atoms. The van der Waals surface area contributed by atoms with E-state index in [1.807, 2.05) is 19.1 Å². The van der Waals surface area contributed by atoms with E-state index < -0.39 is 5.92 Å². The molecule has 2 atom stereocenters. The summed E-state index contributed by atoms with van der Waals surface area (Å²) in [7, 11) is 0. The van der Waals surface area contributed by atoms with Gasteiger partial charge in [-0.3, -0.25) is 4.79 Å². The number of nitrogens with two attached hydrogens (primary N) is 1. The minimum atomic E-state index is -0.467. The van der Waals surface area contributed by atoms with Gasteiger partial charge in [-0.15, -0.1) is 0 Å². The van der Waals surface area contributed by atoms with Gasteiger partial charge in [0.05, 0.1) is 5.92 Å². The lowest BCUT2D eigenvalue weighted by Gasteiger charge is -2.32. The largest absolute Gasteiger partial charge is 0.444 e. The van der Waals surface area contributed by atoms with Crippen LogP contribution in [0.15, 0.2) is 47.1 Å². The third kappa shape index (κ3) is 2.38. The van der Waals surface area contributed by atoms with Crippen LogP contribution in [0.5, 0.6) is 0 Å². The Balaban J connectivity index is 2.16. The van der Waals surface area contributed by atoms with Crippen molar-refractivity contribution in [2.24, 2.45) is 11.7 Å². The summed E-state index contributed by atoms with van der Waals surface area (Å²) >= 11 is 5.93. The van der Waals surface area contributed by atoms with Crippen LogP contribution < -0.4 is 5.73 Å². The zero-order chi connectivity index (χ0) is 15.9. The Morgan fingerprint density at radius 1 is 1.32 bits per heavy atom. The Morgan fingerprint density at radius 3 is 2.64 bits per heavy atom. The highest BCUT2D eigenvalue weighted by Crippen LogP contribution is 2.44. The number of rotatable bonds is 1. The normalized spacial score (nSPS) is 24.7. The minimum Gasteiger partial charge on any atom is -0.444 e. The predicted octanol–water partition coefficient (Wildman–Crippen LogP) is 3.40. The molecule has 2 N–H and O–H groups in total. The molecule has 0 amide bonds. The van der Waals surface area contributed by atoms with Gasteiger partial charge >= 0.3 is 0 Å². The molecule has 0 bridgehead atoms. The van der Waals surface area contributed by atoms with Crippen molar-refractivity contribution in [1.29, 1.82) is 5.26 Å². The second-order valence-electron chi connectivity index (χ2n) is 5.75. The number of benzene rings is 1. The maximum Gasteiger partial charge on any atom is 0.205 e. The van der Waals surface area contributed by atoms with Crippen molar-refractivity contribution in [2.45, 2.75) is 25.7 Å². The van der Waals surface area contributed by atoms with E-state index in [9.17, 15) is 10.1 Å². The quantitative estimate of drug-likeness (QED) is 0.862. The molecular formula is C17H15ClN2O2. The van der Waals surface area contributed by atoms with E-state index in [0.717, 1.165) is 5.56 Å². The number of nitrogens with zero attached hydrogens (tertiary/aromatic N) is 1. The second kappa shape index (κ2) is 5.51. The van der Waals surface area contributed by atoms with E-state index in [0.29, 0.717) is 29.2 Å². The second-order valence-corrected chi connectivity index (χ2v) is 6.19. The summed E-state index contributed by atoms with van der Waals surface area (Å²) in [6.45, 7) is 2.00. The van der Waals surface area contributed by atoms with Crippen LogP contribution in [0.25, 0.3) is 0 Å². The summed E-state index contributed by atoms with van der Waals surface area (Å²) in [5.74, 6) is 0.455. The Hall–Kier alpha value is -2.25. The predicted molar refractivity (Wildman–Crippen MR) is 82.5 cm³/mol. The van der Waals surface area contributed by atoms with Crippen LogP contribution in [0.1, 0.15) is 31.2 Å². The fraction of sp³-hybridized carbons (Fsp3) is 0.294. The third-order valence-corrected chi connectivity index (χ3v) is 4.32. The first-order chi connectivity index (χ1) is 10.5. The molecule has 0 radical (unpaired) electrons. The van der Waals surface area contributed by atoms with Crippen molar-refractivity contribution < 1.29 is 9.53 Å². The third-order valence-electron chi connectivity index (χ3n) is 4.07. The Morgan fingerprint density at radius 2 is 2.00 bits per heavy atom. The molecule has 1 aromatic carbocycles. The van der Waals surface area contributed by atoms with Crippen LogP contribution in [0.3, 0.4) is 0 Å². The molecule has 2 aliphatic rings. The molecule has 5 heteroatoms. The standard InChI is InChI=1S/C17H15ClN2O2/c1-9-6-13(21)16-14(7-9)22-17(20)12(8-19)15(16)10-2-4-11(18)5-3-10/h2-5,9,15H,6-7,20H2,1H3/t9-,15-/m0/s1. The minimum absolute atomic E-state index is 0.0222. The van der Waals surface area contributed by atoms with Gasteiger partial charge in [-0.05, 0) is 23.6 Å². The van der Waals surface area contributed by atoms with Gasteiger partial charge in [-0.25, -0.2) is 0 Å². The van der Waals surface area contributed by atoms with Crippen molar-refractivity contribution >= 4 is 17.4 Å². The van der Waals surface area contributed by atoms with E-state index in [1.165, 1.54) is 0 Å². The van der Waals surface area contributed by atoms with Gasteiger partial charge in [-0.2, -0.15) is 5.26 Å². The van der Waals surface area contributed by atoms with Crippen LogP contribution in [0.4, 0.5) is 0 Å². The topological polar surface area (TPSA) is 76.1 Å². The Labute approximate surface area is 133 Å². The van der Waals surface area contributed by atoms with Crippen molar-refractivity contribution in [3.8, 4) is 6.07 Å². The average molecular weight is 315 g/mol. The molecule has 4 nitrogen and oxygen atoms in total. The summed E-state index contributed by atoms with van der Waals surface area (Å²) in [5.41, 5.74) is 7.57. The molecular weight excluding hydrogens is 300 g/mol. The summed E-state index contributed by atoms with van der Waals surface area (Å²) in [5, 5.41) is 10.0. The molecule has 112 valence electrons. The first-order valence-corrected chi connectivity index (χ1v) is 7.48. The molecule has 1 aromatic rings. The first kappa shape index (κ1) is 14.7. The number of Topliss-reactive ketones (excluding diaryl/α,β-unsaturated/α-hetero) is 1. The van der Waals surface area contributed by atoms with Gasteiger partial charge < -0.3 is 10.5 Å². The SMILES string of the molecule is C[C@H]1CC(=O)C2=C(C1)OC(N)=C(C#N)[C@@H]2c1ccc(Cl)cc1. The lowest BCUT2D eigenvalue weighted by molar-refractivity contribution is -0.117. The highest BCUT2D eigenvalue weighted by molar-refractivity contribution is 6.30. The molecule has 3 rings (SSSR count). The maximum absolute atomic E-state index is 12.5. The van der Waals surface area contributed by atoms with Crippen molar-refractivity contribution in [3.05, 3.63) is 57.6 Å². The molecule has 0 spiro atoms. The molecule has 0 unspecified atom stereocenters. The number of carbonyl (C=O) groups excluding carboxylic acids is 1. The van der Waals surface area contributed by atoms with Crippen molar-refractivity contribution in [3.63, 3.8) is 0 Å². The lowest BCUT2D eigenvalue weighted by atomic mass is 9.75. The molecule has 1 aliphatic carbocycles. The maximum atomic E-state index is 12.5. The summed E-state index contributed by atoms with van der Waals surface area (Å²) in [6.07, 6.45) is 1.12. The van der Waals surface area contributed by atoms with Gasteiger partial charge in [0.1, 0.15) is 17.4 Å². The fourth-order valence-electron chi connectivity index (χ4n) is 3.08. The van der Waals surface area contributed by atoms with Crippen LogP contribution in [0, 0.1) is 17.2 Å². The van der Waals surface area contributed by atoms with Gasteiger partial charge in [0.2, 0.25) is 5.88 Å². The number of hydrogen-bond donors (Lipinski definition) is 1. The first-order valence-electron chi connectivity index (χ1n) is 7.10. The van der Waals surface area contributed by atoms with E-state index >= 15 is 0 Å². The number of hydrogen-bond acceptors (Lipinski definition) is 4. The van der Waals surface area contributed by atoms with E-state index in [-0.39, 0.29) is 23.2 Å². The number of ketones is 1. The number of nitriles is 1. The number of ether oxygens (including phenoxy) is 1. The molecule has 1 heterocycles. The van der Waals surface area contributed by atoms with E-state index in [2.05, 4.69) is 6.07 Å². The molecule has 0 fully saturated rings. The highest BCUT2D eigenvalue weighted by Gasteiger charge is 2.39. The van der Waals surface area contributed by atoms with Crippen LogP contribution in [-0.2, 0) is 9.53 Å². The molecule has 0 aromatic heterocycles. The molecule has 0 saturated carbocycles. The summed E-state index contributed by atoms with van der Waals surface area (Å²) in [4.78, 5) is 12.5. The monoisotopic (exact) mass is 314 g/mol. The van der Waals surface area contributed by atoms with Gasteiger partial charge in [0, 0.05) is 23.4 Å². The van der Waals surface area contributed by atoms with E-state index in [4.69, 9.17) is 22.1 Å². The van der Waals surface area contributed by atoms with Crippen LogP contribution in [0.2, 0.25) is 5.02 Å². The number of allylic oxidation sites excluding steroid dienone is 3. The van der Waals surface area contributed by atoms with Gasteiger partial charge in [0.25, 0.3) is 0 Å². The van der Waals surface area contributed by atoms with Crippen LogP contribution in [-0.4, -0.2) is 5.78 Å². The van der Waals surface area contributed by atoms with Crippen molar-refractivity contribution in [2.75, 3.05) is 0 Å². The summed E-state index contributed by atoms with van der Waals surface area (Å²) in [6, 6.07) is 9.22. The zero-order valence-corrected chi connectivity index (χ0v) is 12.9. The number of halogens is 1. The number of carbonyl (C=O) groups is 1. The zero-order valence-electron chi connectivity index (χ0n) is 12.1. The average Bonchev–Trinajstić information content (AvgIpc) is 2.46. The van der Waals surface area contributed by atoms with Crippen LogP contribution >= 0.6 is 11.6 Å². The Kier molecular flexibility index (Phi) is 3.67. The Bertz CT molecular complexity index is 741. The highest BCUT2D eigenvalue weighted by atomic mass is 35.5. The summed E-state index contributed by atoms with van der Waals surface area (Å²) < 4.78 is 5.58. The molecule has 0 saturated heterocycles. The lowest BCUT2D eigenvalue weighted by Crippen LogP contribution is -2.29. The molecule has 1 aliphatic heterocycles. The van der Waals surface area contributed by atoms with Crippen molar-refractivity contribution in [1.82, 2.24) is 0 Å². The van der Waals surface area contributed by atoms with Gasteiger partial charge in [-0.1, -0.05) is 30.7 Å².